The van der Waals surface area contributed by atoms with Crippen molar-refractivity contribution in [3.05, 3.63) is 0 Å². The quantitative estimate of drug-likeness (QED) is 0.705. The number of carbonyl (C=O) groups is 2. The maximum Gasteiger partial charge on any atom is 0.309 e. The van der Waals surface area contributed by atoms with Crippen molar-refractivity contribution in [2.24, 2.45) is 11.8 Å². The molecule has 1 aliphatic heterocycles. The van der Waals surface area contributed by atoms with Crippen LogP contribution in [0, 0.1) is 11.8 Å². The molecule has 1 heterocycles. The number of esters is 1. The molecule has 0 aromatic rings. The molecule has 1 saturated heterocycles. The second-order valence-corrected chi connectivity index (χ2v) is 7.14. The molecule has 0 aromatic carbocycles. The molecule has 0 aromatic heterocycles. The fourth-order valence-corrected chi connectivity index (χ4v) is 4.01. The van der Waals surface area contributed by atoms with Gasteiger partial charge < -0.3 is 14.4 Å². The highest BCUT2D eigenvalue weighted by molar-refractivity contribution is 5.82. The van der Waals surface area contributed by atoms with Gasteiger partial charge in [-0.25, -0.2) is 0 Å². The molecular formula is C18H29NO4. The van der Waals surface area contributed by atoms with E-state index in [9.17, 15) is 9.59 Å². The van der Waals surface area contributed by atoms with Crippen molar-refractivity contribution in [3.63, 3.8) is 0 Å². The molecule has 0 N–H and O–H groups in total. The van der Waals surface area contributed by atoms with Crippen molar-refractivity contribution >= 4 is 11.9 Å². The highest BCUT2D eigenvalue weighted by Gasteiger charge is 2.47. The molecular weight excluding hydrogens is 294 g/mol. The molecule has 2 aliphatic carbocycles. The minimum absolute atomic E-state index is 0.00154. The van der Waals surface area contributed by atoms with Gasteiger partial charge in [-0.1, -0.05) is 19.3 Å². The van der Waals surface area contributed by atoms with E-state index in [0.717, 1.165) is 32.1 Å². The zero-order chi connectivity index (χ0) is 16.2. The van der Waals surface area contributed by atoms with E-state index in [2.05, 4.69) is 4.90 Å². The molecule has 3 fully saturated rings. The van der Waals surface area contributed by atoms with Crippen molar-refractivity contribution in [2.45, 2.75) is 70.4 Å². The predicted molar refractivity (Wildman–Crippen MR) is 85.8 cm³/mol. The van der Waals surface area contributed by atoms with Gasteiger partial charge in [0.2, 0.25) is 0 Å². The number of rotatable bonds is 6. The molecule has 5 nitrogen and oxygen atoms in total. The molecule has 0 bridgehead atoms. The van der Waals surface area contributed by atoms with Crippen LogP contribution in [0.1, 0.15) is 58.3 Å². The summed E-state index contributed by atoms with van der Waals surface area (Å²) in [5, 5.41) is 0. The van der Waals surface area contributed by atoms with Crippen LogP contribution in [0.4, 0.5) is 0 Å². The Morgan fingerprint density at radius 1 is 1.13 bits per heavy atom. The molecule has 23 heavy (non-hydrogen) atoms. The zero-order valence-corrected chi connectivity index (χ0v) is 14.2. The highest BCUT2D eigenvalue weighted by atomic mass is 16.5. The first kappa shape index (κ1) is 16.7. The number of hydrogen-bond donors (Lipinski definition) is 0. The lowest BCUT2D eigenvalue weighted by Crippen LogP contribution is -2.47. The van der Waals surface area contributed by atoms with Crippen molar-refractivity contribution in [2.75, 3.05) is 19.8 Å². The van der Waals surface area contributed by atoms with Crippen LogP contribution in [0.15, 0.2) is 0 Å². The Hall–Kier alpha value is -1.10. The summed E-state index contributed by atoms with van der Waals surface area (Å²) in [6.45, 7) is 3.67. The van der Waals surface area contributed by atoms with E-state index in [1.807, 2.05) is 6.92 Å². The summed E-state index contributed by atoms with van der Waals surface area (Å²) in [4.78, 5) is 26.8. The summed E-state index contributed by atoms with van der Waals surface area (Å²) >= 11 is 0. The van der Waals surface area contributed by atoms with Crippen LogP contribution >= 0.6 is 0 Å². The summed E-state index contributed by atoms with van der Waals surface area (Å²) in [5.41, 5.74) is 0. The first-order valence-corrected chi connectivity index (χ1v) is 9.29. The summed E-state index contributed by atoms with van der Waals surface area (Å²) in [7, 11) is 0. The summed E-state index contributed by atoms with van der Waals surface area (Å²) in [6.07, 6.45) is 8.28. The van der Waals surface area contributed by atoms with Crippen molar-refractivity contribution in [1.82, 2.24) is 4.90 Å². The Bertz CT molecular complexity index is 427. The van der Waals surface area contributed by atoms with Crippen LogP contribution in [-0.2, 0) is 19.1 Å². The topological polar surface area (TPSA) is 55.8 Å². The Balaban J connectivity index is 1.61. The van der Waals surface area contributed by atoms with Crippen LogP contribution in [0.5, 0.6) is 0 Å². The summed E-state index contributed by atoms with van der Waals surface area (Å²) < 4.78 is 10.7. The molecule has 0 unspecified atom stereocenters. The largest absolute Gasteiger partial charge is 0.466 e. The van der Waals surface area contributed by atoms with Gasteiger partial charge in [0.05, 0.1) is 12.5 Å². The maximum absolute atomic E-state index is 12.9. The van der Waals surface area contributed by atoms with Gasteiger partial charge in [-0.05, 0) is 44.9 Å². The molecule has 0 spiro atoms. The van der Waals surface area contributed by atoms with E-state index < -0.39 is 0 Å². The monoisotopic (exact) mass is 323 g/mol. The Labute approximate surface area is 138 Å². The van der Waals surface area contributed by atoms with Crippen molar-refractivity contribution in [1.29, 1.82) is 0 Å². The third kappa shape index (κ3) is 4.06. The van der Waals surface area contributed by atoms with E-state index >= 15 is 0 Å². The predicted octanol–water partition coefficient (Wildman–Crippen LogP) is 2.53. The molecule has 130 valence electrons. The average Bonchev–Trinajstić information content (AvgIpc) is 3.13. The van der Waals surface area contributed by atoms with Gasteiger partial charge in [0.15, 0.2) is 0 Å². The van der Waals surface area contributed by atoms with Crippen LogP contribution in [0.2, 0.25) is 0 Å². The maximum atomic E-state index is 12.9. The lowest BCUT2D eigenvalue weighted by Gasteiger charge is -2.36. The van der Waals surface area contributed by atoms with Gasteiger partial charge in [-0.2, -0.15) is 0 Å². The number of hydrogen-bond acceptors (Lipinski definition) is 4. The third-order valence-corrected chi connectivity index (χ3v) is 5.45. The summed E-state index contributed by atoms with van der Waals surface area (Å²) in [6, 6.07) is 0.337. The lowest BCUT2D eigenvalue weighted by molar-refractivity contribution is -0.147. The smallest absolute Gasteiger partial charge is 0.309 e. The fraction of sp³-hybridized carbons (Fsp3) is 0.889. The van der Waals surface area contributed by atoms with Gasteiger partial charge >= 0.3 is 5.97 Å². The molecule has 5 heteroatoms. The fourth-order valence-electron chi connectivity index (χ4n) is 4.01. The van der Waals surface area contributed by atoms with Crippen molar-refractivity contribution in [3.8, 4) is 0 Å². The van der Waals surface area contributed by atoms with E-state index in [1.54, 1.807) is 0 Å². The summed E-state index contributed by atoms with van der Waals surface area (Å²) in [5.74, 6) is 0.342. The highest BCUT2D eigenvalue weighted by Crippen LogP contribution is 2.41. The first-order valence-electron chi connectivity index (χ1n) is 9.29. The van der Waals surface area contributed by atoms with Gasteiger partial charge in [-0.3, -0.25) is 9.59 Å². The minimum Gasteiger partial charge on any atom is -0.466 e. The number of nitrogens with zero attached hydrogens (tertiary/aromatic N) is 1. The molecule has 3 atom stereocenters. The molecule has 3 aliphatic rings. The number of ether oxygens (including phenoxy) is 2. The Morgan fingerprint density at radius 3 is 2.57 bits per heavy atom. The van der Waals surface area contributed by atoms with E-state index in [1.165, 1.54) is 19.3 Å². The van der Waals surface area contributed by atoms with E-state index in [0.29, 0.717) is 25.8 Å². The van der Waals surface area contributed by atoms with Crippen LogP contribution in [0.25, 0.3) is 0 Å². The number of carbonyl (C=O) groups excluding carboxylic acids is 2. The van der Waals surface area contributed by atoms with Gasteiger partial charge in [-0.15, -0.1) is 0 Å². The lowest BCUT2D eigenvalue weighted by atomic mass is 9.93. The zero-order valence-electron chi connectivity index (χ0n) is 14.2. The molecule has 3 rings (SSSR count). The van der Waals surface area contributed by atoms with Gasteiger partial charge in [0.1, 0.15) is 6.10 Å². The molecule has 0 radical (unpaired) electrons. The second-order valence-electron chi connectivity index (χ2n) is 7.14. The van der Waals surface area contributed by atoms with Crippen molar-refractivity contribution < 1.29 is 19.1 Å². The van der Waals surface area contributed by atoms with E-state index in [4.69, 9.17) is 9.47 Å². The SMILES string of the molecule is CCOC(=O)[C@H]1C[C@H]1CN(C(=O)[C@@H]1CCCO1)C1CCCCC1. The second kappa shape index (κ2) is 7.65. The Morgan fingerprint density at radius 2 is 1.91 bits per heavy atom. The first-order chi connectivity index (χ1) is 11.2. The third-order valence-electron chi connectivity index (χ3n) is 5.45. The van der Waals surface area contributed by atoms with Gasteiger partial charge in [0.25, 0.3) is 5.91 Å². The van der Waals surface area contributed by atoms with Crippen LogP contribution < -0.4 is 0 Å². The molecule has 1 amide bonds. The van der Waals surface area contributed by atoms with Crippen LogP contribution in [-0.4, -0.2) is 48.7 Å². The minimum atomic E-state index is -0.253. The van der Waals surface area contributed by atoms with E-state index in [-0.39, 0.29) is 29.8 Å². The molecule has 2 saturated carbocycles. The average molecular weight is 323 g/mol. The van der Waals surface area contributed by atoms with Crippen LogP contribution in [0.3, 0.4) is 0 Å². The normalized spacial score (nSPS) is 30.9. The Kier molecular flexibility index (Phi) is 5.57. The van der Waals surface area contributed by atoms with Gasteiger partial charge in [0, 0.05) is 19.2 Å². The number of amides is 1. The standard InChI is InChI=1S/C18H29NO4/c1-2-22-18(21)15-11-13(15)12-19(14-7-4-3-5-8-14)17(20)16-9-6-10-23-16/h13-16H,2-12H2,1H3/t13-,15-,16-/m0/s1.